The zero-order valence-electron chi connectivity index (χ0n) is 12.5. The Balaban J connectivity index is 1.65. The maximum Gasteiger partial charge on any atom is 0.226 e. The van der Waals surface area contributed by atoms with E-state index in [-0.39, 0.29) is 17.6 Å². The summed E-state index contributed by atoms with van der Waals surface area (Å²) in [6.45, 7) is 1.67. The quantitative estimate of drug-likeness (QED) is 0.837. The summed E-state index contributed by atoms with van der Waals surface area (Å²) >= 11 is 0. The Morgan fingerprint density at radius 1 is 1.10 bits per heavy atom. The number of carbonyl (C=O) groups is 2. The molecule has 3 nitrogen and oxygen atoms in total. The number of likely N-dealkylation sites (tertiary alicyclic amines) is 1. The minimum atomic E-state index is -0.0548. The second-order valence-electron chi connectivity index (χ2n) is 6.37. The van der Waals surface area contributed by atoms with Crippen LogP contribution in [0.15, 0.2) is 30.3 Å². The summed E-state index contributed by atoms with van der Waals surface area (Å²) in [7, 11) is 0. The standard InChI is InChI=1S/C18H23NO2/c20-17-10-4-8-15(12-17)18(21)19-11-5-9-16(13-19)14-6-2-1-3-7-14/h1-3,6-7,15-16H,4-5,8-13H2. The van der Waals surface area contributed by atoms with Crippen LogP contribution in [0.3, 0.4) is 0 Å². The van der Waals surface area contributed by atoms with E-state index in [4.69, 9.17) is 0 Å². The molecule has 21 heavy (non-hydrogen) atoms. The van der Waals surface area contributed by atoms with Crippen LogP contribution >= 0.6 is 0 Å². The molecule has 1 aromatic carbocycles. The predicted octanol–water partition coefficient (Wildman–Crippen LogP) is 3.15. The van der Waals surface area contributed by atoms with Gasteiger partial charge in [0.2, 0.25) is 5.91 Å². The largest absolute Gasteiger partial charge is 0.342 e. The van der Waals surface area contributed by atoms with Crippen LogP contribution in [0.5, 0.6) is 0 Å². The second kappa shape index (κ2) is 6.42. The number of amides is 1. The lowest BCUT2D eigenvalue weighted by Crippen LogP contribution is -2.43. The highest BCUT2D eigenvalue weighted by molar-refractivity contribution is 5.88. The van der Waals surface area contributed by atoms with E-state index in [0.717, 1.165) is 38.8 Å². The second-order valence-corrected chi connectivity index (χ2v) is 6.37. The molecule has 0 bridgehead atoms. The van der Waals surface area contributed by atoms with Crippen LogP contribution in [0.2, 0.25) is 0 Å². The van der Waals surface area contributed by atoms with E-state index in [0.29, 0.717) is 18.8 Å². The van der Waals surface area contributed by atoms with Gasteiger partial charge in [-0.25, -0.2) is 0 Å². The number of Topliss-reactive ketones (excluding diaryl/α,β-unsaturated/α-hetero) is 1. The zero-order chi connectivity index (χ0) is 14.7. The average molecular weight is 285 g/mol. The van der Waals surface area contributed by atoms with E-state index in [1.165, 1.54) is 5.56 Å². The first-order valence-corrected chi connectivity index (χ1v) is 8.09. The molecule has 1 amide bonds. The van der Waals surface area contributed by atoms with Gasteiger partial charge in [0, 0.05) is 37.8 Å². The van der Waals surface area contributed by atoms with Crippen molar-refractivity contribution in [3.8, 4) is 0 Å². The van der Waals surface area contributed by atoms with Gasteiger partial charge in [-0.05, 0) is 31.2 Å². The highest BCUT2D eigenvalue weighted by Crippen LogP contribution is 2.30. The van der Waals surface area contributed by atoms with Gasteiger partial charge in [0.15, 0.2) is 0 Å². The lowest BCUT2D eigenvalue weighted by molar-refractivity contribution is -0.140. The average Bonchev–Trinajstić information content (AvgIpc) is 2.55. The van der Waals surface area contributed by atoms with Crippen LogP contribution in [-0.4, -0.2) is 29.7 Å². The maximum absolute atomic E-state index is 12.6. The molecular weight excluding hydrogens is 262 g/mol. The topological polar surface area (TPSA) is 37.4 Å². The third kappa shape index (κ3) is 3.34. The molecule has 0 radical (unpaired) electrons. The Morgan fingerprint density at radius 2 is 1.90 bits per heavy atom. The van der Waals surface area contributed by atoms with Crippen LogP contribution in [-0.2, 0) is 9.59 Å². The molecule has 1 aromatic rings. The number of ketones is 1. The summed E-state index contributed by atoms with van der Waals surface area (Å²) in [5.41, 5.74) is 1.33. The van der Waals surface area contributed by atoms with Crippen molar-refractivity contribution in [3.63, 3.8) is 0 Å². The Hall–Kier alpha value is -1.64. The Kier molecular flexibility index (Phi) is 4.37. The van der Waals surface area contributed by atoms with E-state index in [2.05, 4.69) is 24.3 Å². The summed E-state index contributed by atoms with van der Waals surface area (Å²) < 4.78 is 0. The number of carbonyl (C=O) groups excluding carboxylic acids is 2. The van der Waals surface area contributed by atoms with Crippen LogP contribution in [0.4, 0.5) is 0 Å². The Morgan fingerprint density at radius 3 is 2.67 bits per heavy atom. The zero-order valence-corrected chi connectivity index (χ0v) is 12.5. The van der Waals surface area contributed by atoms with Crippen LogP contribution < -0.4 is 0 Å². The number of nitrogens with zero attached hydrogens (tertiary/aromatic N) is 1. The first kappa shape index (κ1) is 14.3. The summed E-state index contributed by atoms with van der Waals surface area (Å²) in [6.07, 6.45) is 5.10. The molecule has 0 spiro atoms. The fraction of sp³-hybridized carbons (Fsp3) is 0.556. The minimum Gasteiger partial charge on any atom is -0.342 e. The summed E-state index contributed by atoms with van der Waals surface area (Å²) in [6, 6.07) is 10.5. The van der Waals surface area contributed by atoms with Crippen molar-refractivity contribution in [2.75, 3.05) is 13.1 Å². The van der Waals surface area contributed by atoms with E-state index < -0.39 is 0 Å². The highest BCUT2D eigenvalue weighted by atomic mass is 16.2. The highest BCUT2D eigenvalue weighted by Gasteiger charge is 2.32. The fourth-order valence-electron chi connectivity index (χ4n) is 3.67. The first-order valence-electron chi connectivity index (χ1n) is 8.09. The van der Waals surface area contributed by atoms with Crippen molar-refractivity contribution >= 4 is 11.7 Å². The molecule has 1 saturated heterocycles. The van der Waals surface area contributed by atoms with Crippen LogP contribution in [0, 0.1) is 5.92 Å². The molecule has 1 aliphatic carbocycles. The van der Waals surface area contributed by atoms with Crippen LogP contribution in [0.25, 0.3) is 0 Å². The van der Waals surface area contributed by atoms with Gasteiger partial charge in [-0.2, -0.15) is 0 Å². The number of hydrogen-bond acceptors (Lipinski definition) is 2. The molecule has 2 fully saturated rings. The normalized spacial score (nSPS) is 26.7. The molecule has 1 aliphatic heterocycles. The molecule has 3 rings (SSSR count). The molecule has 1 saturated carbocycles. The Labute approximate surface area is 126 Å². The number of hydrogen-bond donors (Lipinski definition) is 0. The maximum atomic E-state index is 12.6. The van der Waals surface area contributed by atoms with Gasteiger partial charge in [0.25, 0.3) is 0 Å². The fourth-order valence-corrected chi connectivity index (χ4v) is 3.67. The van der Waals surface area contributed by atoms with Gasteiger partial charge >= 0.3 is 0 Å². The van der Waals surface area contributed by atoms with Crippen molar-refractivity contribution < 1.29 is 9.59 Å². The third-order valence-electron chi connectivity index (χ3n) is 4.84. The number of piperidine rings is 1. The van der Waals surface area contributed by atoms with Crippen molar-refractivity contribution in [2.45, 2.75) is 44.4 Å². The molecule has 0 N–H and O–H groups in total. The van der Waals surface area contributed by atoms with Crippen molar-refractivity contribution in [3.05, 3.63) is 35.9 Å². The molecule has 2 aliphatic rings. The SMILES string of the molecule is O=C1CCCC(C(=O)N2CCCC(c3ccccc3)C2)C1. The van der Waals surface area contributed by atoms with Gasteiger partial charge in [-0.1, -0.05) is 30.3 Å². The predicted molar refractivity (Wildman–Crippen MR) is 82.0 cm³/mol. The van der Waals surface area contributed by atoms with Crippen molar-refractivity contribution in [2.24, 2.45) is 5.92 Å². The lowest BCUT2D eigenvalue weighted by atomic mass is 9.85. The molecule has 112 valence electrons. The summed E-state index contributed by atoms with van der Waals surface area (Å²) in [5, 5.41) is 0. The number of benzene rings is 1. The summed E-state index contributed by atoms with van der Waals surface area (Å²) in [4.78, 5) is 26.2. The molecule has 3 heteroatoms. The molecule has 2 atom stereocenters. The van der Waals surface area contributed by atoms with Crippen molar-refractivity contribution in [1.82, 2.24) is 4.90 Å². The summed E-state index contributed by atoms with van der Waals surface area (Å²) in [5.74, 6) is 0.865. The van der Waals surface area contributed by atoms with E-state index in [1.54, 1.807) is 0 Å². The molecule has 1 heterocycles. The monoisotopic (exact) mass is 285 g/mol. The van der Waals surface area contributed by atoms with Crippen molar-refractivity contribution in [1.29, 1.82) is 0 Å². The van der Waals surface area contributed by atoms with E-state index in [9.17, 15) is 9.59 Å². The van der Waals surface area contributed by atoms with Crippen LogP contribution in [0.1, 0.15) is 50.0 Å². The third-order valence-corrected chi connectivity index (χ3v) is 4.84. The smallest absolute Gasteiger partial charge is 0.226 e. The van der Waals surface area contributed by atoms with E-state index in [1.807, 2.05) is 11.0 Å². The lowest BCUT2D eigenvalue weighted by Gasteiger charge is -2.36. The van der Waals surface area contributed by atoms with Gasteiger partial charge in [0.05, 0.1) is 0 Å². The minimum absolute atomic E-state index is 0.0548. The first-order chi connectivity index (χ1) is 10.2. The van der Waals surface area contributed by atoms with Gasteiger partial charge < -0.3 is 4.90 Å². The Bertz CT molecular complexity index is 511. The van der Waals surface area contributed by atoms with Gasteiger partial charge in [-0.3, -0.25) is 9.59 Å². The number of rotatable bonds is 2. The van der Waals surface area contributed by atoms with E-state index >= 15 is 0 Å². The van der Waals surface area contributed by atoms with Gasteiger partial charge in [0.1, 0.15) is 5.78 Å². The molecule has 2 unspecified atom stereocenters. The van der Waals surface area contributed by atoms with Gasteiger partial charge in [-0.15, -0.1) is 0 Å². The molecule has 0 aromatic heterocycles. The molecular formula is C18H23NO2.